The third-order valence-electron chi connectivity index (χ3n) is 6.94. The van der Waals surface area contributed by atoms with Crippen molar-refractivity contribution in [3.05, 3.63) is 88.7 Å². The molecule has 2 aromatic carbocycles. The standard InChI is InChI=1S/C29H31F2N3O3/c1-29(2,3)34(36)17-21-5-4-6-25(32-21)27(19-7-8-19)33-14-13-18-9-11-22(16-23(18)28(33)35)37-26-12-10-20(30)15-24(26)31/h4-6,9-12,15-16,19,27,36H,7-8,13-14,17H2,1-3H3/t27-/m1/s1. The van der Waals surface area contributed by atoms with Gasteiger partial charge in [0.15, 0.2) is 11.6 Å². The Balaban J connectivity index is 1.40. The fourth-order valence-corrected chi connectivity index (χ4v) is 4.69. The molecule has 5 rings (SSSR count). The van der Waals surface area contributed by atoms with Crippen molar-refractivity contribution in [2.24, 2.45) is 5.92 Å². The summed E-state index contributed by atoms with van der Waals surface area (Å²) in [5.74, 6) is -1.07. The fraction of sp³-hybridized carbons (Fsp3) is 0.379. The van der Waals surface area contributed by atoms with Crippen LogP contribution in [0.5, 0.6) is 11.5 Å². The number of rotatable bonds is 7. The quantitative estimate of drug-likeness (QED) is 0.381. The third kappa shape index (κ3) is 5.50. The topological polar surface area (TPSA) is 65.9 Å². The highest BCUT2D eigenvalue weighted by molar-refractivity contribution is 5.97. The lowest BCUT2D eigenvalue weighted by Crippen LogP contribution is -2.41. The second kappa shape index (κ2) is 9.84. The molecule has 2 heterocycles. The SMILES string of the molecule is CC(C)(C)N(O)Cc1cccc([C@@H](C2CC2)N2CCc3ccc(Oc4ccc(F)cc4F)cc3C2=O)n1. The van der Waals surface area contributed by atoms with Crippen molar-refractivity contribution < 1.29 is 23.5 Å². The molecule has 0 spiro atoms. The Labute approximate surface area is 215 Å². The summed E-state index contributed by atoms with van der Waals surface area (Å²) in [4.78, 5) is 20.5. The van der Waals surface area contributed by atoms with Gasteiger partial charge in [0.2, 0.25) is 0 Å². The molecule has 0 bridgehead atoms. The van der Waals surface area contributed by atoms with E-state index in [-0.39, 0.29) is 24.2 Å². The molecule has 37 heavy (non-hydrogen) atoms. The maximum atomic E-state index is 14.1. The van der Waals surface area contributed by atoms with Crippen molar-refractivity contribution in [1.82, 2.24) is 14.9 Å². The minimum Gasteiger partial charge on any atom is -0.454 e. The molecule has 1 atom stereocenters. The van der Waals surface area contributed by atoms with Gasteiger partial charge in [0.05, 0.1) is 24.0 Å². The molecule has 0 radical (unpaired) electrons. The average Bonchev–Trinajstić information content (AvgIpc) is 3.68. The van der Waals surface area contributed by atoms with E-state index in [0.717, 1.165) is 41.9 Å². The van der Waals surface area contributed by atoms with Crippen molar-refractivity contribution in [3.8, 4) is 11.5 Å². The van der Waals surface area contributed by atoms with Gasteiger partial charge >= 0.3 is 0 Å². The van der Waals surface area contributed by atoms with E-state index in [1.165, 1.54) is 11.1 Å². The molecule has 0 unspecified atom stereocenters. The minimum atomic E-state index is -0.807. The van der Waals surface area contributed by atoms with E-state index in [1.54, 1.807) is 12.1 Å². The lowest BCUT2D eigenvalue weighted by atomic mass is 9.95. The van der Waals surface area contributed by atoms with E-state index >= 15 is 0 Å². The van der Waals surface area contributed by atoms with Gasteiger partial charge in [-0.15, -0.1) is 0 Å². The summed E-state index contributed by atoms with van der Waals surface area (Å²) in [5.41, 5.74) is 2.56. The largest absolute Gasteiger partial charge is 0.454 e. The van der Waals surface area contributed by atoms with Gasteiger partial charge in [0.25, 0.3) is 5.91 Å². The van der Waals surface area contributed by atoms with Gasteiger partial charge in [-0.05, 0) is 87.9 Å². The second-order valence-electron chi connectivity index (χ2n) is 10.8. The molecule has 1 N–H and O–H groups in total. The number of aromatic nitrogens is 1. The molecule has 1 aliphatic heterocycles. The van der Waals surface area contributed by atoms with Crippen molar-refractivity contribution in [1.29, 1.82) is 0 Å². The van der Waals surface area contributed by atoms with Crippen LogP contribution in [-0.2, 0) is 13.0 Å². The summed E-state index contributed by atoms with van der Waals surface area (Å²) < 4.78 is 33.0. The summed E-state index contributed by atoms with van der Waals surface area (Å²) in [6.45, 7) is 6.63. The van der Waals surface area contributed by atoms with Crippen LogP contribution in [0.3, 0.4) is 0 Å². The number of pyridine rings is 1. The number of ether oxygens (including phenoxy) is 1. The number of halogens is 2. The Morgan fingerprint density at radius 2 is 1.92 bits per heavy atom. The van der Waals surface area contributed by atoms with Gasteiger partial charge in [-0.2, -0.15) is 5.06 Å². The molecule has 0 saturated heterocycles. The Morgan fingerprint density at radius 1 is 1.14 bits per heavy atom. The maximum Gasteiger partial charge on any atom is 0.254 e. The summed E-state index contributed by atoms with van der Waals surface area (Å²) in [5, 5.41) is 11.7. The van der Waals surface area contributed by atoms with Gasteiger partial charge in [-0.3, -0.25) is 9.78 Å². The van der Waals surface area contributed by atoms with Gasteiger partial charge in [-0.25, -0.2) is 8.78 Å². The van der Waals surface area contributed by atoms with E-state index in [0.29, 0.717) is 30.2 Å². The lowest BCUT2D eigenvalue weighted by Gasteiger charge is -2.36. The van der Waals surface area contributed by atoms with Crippen LogP contribution in [0.15, 0.2) is 54.6 Å². The maximum absolute atomic E-state index is 14.1. The number of nitrogens with zero attached hydrogens (tertiary/aromatic N) is 3. The predicted octanol–water partition coefficient (Wildman–Crippen LogP) is 6.29. The van der Waals surface area contributed by atoms with Crippen molar-refractivity contribution in [2.75, 3.05) is 6.54 Å². The highest BCUT2D eigenvalue weighted by atomic mass is 19.1. The van der Waals surface area contributed by atoms with Gasteiger partial charge in [0.1, 0.15) is 11.6 Å². The Hall–Kier alpha value is -3.36. The van der Waals surface area contributed by atoms with Crippen molar-refractivity contribution in [2.45, 2.75) is 58.2 Å². The summed E-state index contributed by atoms with van der Waals surface area (Å²) >= 11 is 0. The number of hydroxylamine groups is 2. The molecule has 1 amide bonds. The van der Waals surface area contributed by atoms with E-state index in [1.807, 2.05) is 49.9 Å². The number of carbonyl (C=O) groups excluding carboxylic acids is 1. The fourth-order valence-electron chi connectivity index (χ4n) is 4.69. The van der Waals surface area contributed by atoms with Crippen molar-refractivity contribution in [3.63, 3.8) is 0 Å². The first-order valence-corrected chi connectivity index (χ1v) is 12.6. The molecule has 6 nitrogen and oxygen atoms in total. The number of amides is 1. The van der Waals surface area contributed by atoms with Crippen LogP contribution in [0.2, 0.25) is 0 Å². The number of carbonyl (C=O) groups is 1. The molecule has 194 valence electrons. The van der Waals surface area contributed by atoms with Crippen LogP contribution in [0, 0.1) is 17.6 Å². The molecule has 2 aliphatic rings. The first-order valence-electron chi connectivity index (χ1n) is 12.6. The average molecular weight is 508 g/mol. The predicted molar refractivity (Wildman–Crippen MR) is 134 cm³/mol. The first kappa shape index (κ1) is 25.3. The van der Waals surface area contributed by atoms with Crippen LogP contribution in [-0.4, -0.2) is 38.1 Å². The van der Waals surface area contributed by atoms with Crippen molar-refractivity contribution >= 4 is 5.91 Å². The first-order chi connectivity index (χ1) is 17.6. The van der Waals surface area contributed by atoms with E-state index in [4.69, 9.17) is 9.72 Å². The van der Waals surface area contributed by atoms with E-state index in [2.05, 4.69) is 0 Å². The summed E-state index contributed by atoms with van der Waals surface area (Å²) in [6, 6.07) is 13.9. The normalized spacial score (nSPS) is 16.6. The van der Waals surface area contributed by atoms with E-state index in [9.17, 15) is 18.8 Å². The summed E-state index contributed by atoms with van der Waals surface area (Å²) in [7, 11) is 0. The molecule has 1 aliphatic carbocycles. The Bertz CT molecular complexity index is 1320. The Morgan fingerprint density at radius 3 is 2.62 bits per heavy atom. The molecule has 1 fully saturated rings. The smallest absolute Gasteiger partial charge is 0.254 e. The van der Waals surface area contributed by atoms with Crippen LogP contribution < -0.4 is 4.74 Å². The van der Waals surface area contributed by atoms with Gasteiger partial charge < -0.3 is 14.8 Å². The third-order valence-corrected chi connectivity index (χ3v) is 6.94. The number of fused-ring (bicyclic) bond motifs is 1. The monoisotopic (exact) mass is 507 g/mol. The molecular formula is C29H31F2N3O3. The number of benzene rings is 2. The second-order valence-corrected chi connectivity index (χ2v) is 10.8. The zero-order valence-electron chi connectivity index (χ0n) is 21.2. The highest BCUT2D eigenvalue weighted by Crippen LogP contribution is 2.45. The Kier molecular flexibility index (Phi) is 6.72. The molecule has 8 heteroatoms. The minimum absolute atomic E-state index is 0.105. The van der Waals surface area contributed by atoms with Gasteiger partial charge in [-0.1, -0.05) is 12.1 Å². The van der Waals surface area contributed by atoms with Gasteiger partial charge in [0, 0.05) is 23.7 Å². The zero-order valence-corrected chi connectivity index (χ0v) is 21.2. The molecule has 1 aromatic heterocycles. The molecule has 3 aromatic rings. The van der Waals surface area contributed by atoms with Crippen LogP contribution in [0.1, 0.15) is 67.0 Å². The highest BCUT2D eigenvalue weighted by Gasteiger charge is 2.41. The number of hydrogen-bond donors (Lipinski definition) is 1. The zero-order chi connectivity index (χ0) is 26.3. The molecule has 1 saturated carbocycles. The van der Waals surface area contributed by atoms with Crippen LogP contribution in [0.4, 0.5) is 8.78 Å². The molecular weight excluding hydrogens is 476 g/mol. The van der Waals surface area contributed by atoms with Crippen LogP contribution >= 0.6 is 0 Å². The summed E-state index contributed by atoms with van der Waals surface area (Å²) in [6.07, 6.45) is 2.73. The number of hydrogen-bond acceptors (Lipinski definition) is 5. The lowest BCUT2D eigenvalue weighted by molar-refractivity contribution is -0.164. The van der Waals surface area contributed by atoms with Crippen LogP contribution in [0.25, 0.3) is 0 Å². The van der Waals surface area contributed by atoms with E-state index < -0.39 is 17.2 Å².